The molecule has 0 N–H and O–H groups in total. The molecule has 0 bridgehead atoms. The van der Waals surface area contributed by atoms with Crippen LogP contribution >= 0.6 is 22.9 Å². The predicted molar refractivity (Wildman–Crippen MR) is 136 cm³/mol. The number of sulfonamides is 1. The van der Waals surface area contributed by atoms with Gasteiger partial charge in [0.2, 0.25) is 0 Å². The van der Waals surface area contributed by atoms with Crippen molar-refractivity contribution in [2.24, 2.45) is 4.99 Å². The minimum absolute atomic E-state index is 0.135. The van der Waals surface area contributed by atoms with Crippen LogP contribution in [0, 0.1) is 0 Å². The second kappa shape index (κ2) is 8.87. The van der Waals surface area contributed by atoms with E-state index in [0.29, 0.717) is 40.6 Å². The van der Waals surface area contributed by atoms with Crippen molar-refractivity contribution < 1.29 is 13.2 Å². The van der Waals surface area contributed by atoms with Crippen LogP contribution in [0.5, 0.6) is 0 Å². The summed E-state index contributed by atoms with van der Waals surface area (Å²) < 4.78 is 30.6. The van der Waals surface area contributed by atoms with Crippen LogP contribution in [0.15, 0.2) is 89.3 Å². The van der Waals surface area contributed by atoms with E-state index in [9.17, 15) is 13.2 Å². The first-order valence-electron chi connectivity index (χ1n) is 10.6. The van der Waals surface area contributed by atoms with Crippen LogP contribution < -0.4 is 9.11 Å². The van der Waals surface area contributed by atoms with Crippen molar-refractivity contribution in [3.63, 3.8) is 0 Å². The van der Waals surface area contributed by atoms with E-state index in [1.807, 2.05) is 41.0 Å². The average molecular weight is 510 g/mol. The molecule has 1 aliphatic rings. The smallest absolute Gasteiger partial charge is 0.279 e. The Bertz CT molecular complexity index is 1600. The standard InChI is InChI=1S/C25H20ClN3O3S2/c1-2-15-28-23-20(26)7-5-9-22(23)33-25(28)27-24(30)18-10-12-19(13-11-18)34(31,32)29-16-14-17-6-3-4-8-21(17)29/h2-13H,1,14-16H2. The number of benzene rings is 3. The minimum Gasteiger partial charge on any atom is -0.311 e. The molecule has 172 valence electrons. The number of fused-ring (bicyclic) bond motifs is 2. The zero-order valence-corrected chi connectivity index (χ0v) is 20.4. The van der Waals surface area contributed by atoms with Gasteiger partial charge in [-0.1, -0.05) is 53.3 Å². The lowest BCUT2D eigenvalue weighted by atomic mass is 10.2. The third kappa shape index (κ3) is 3.87. The van der Waals surface area contributed by atoms with Gasteiger partial charge < -0.3 is 4.57 Å². The molecule has 34 heavy (non-hydrogen) atoms. The fourth-order valence-corrected chi connectivity index (χ4v) is 6.98. The molecule has 1 aliphatic heterocycles. The summed E-state index contributed by atoms with van der Waals surface area (Å²) in [6.45, 7) is 4.63. The van der Waals surface area contributed by atoms with E-state index in [4.69, 9.17) is 11.6 Å². The molecule has 3 aromatic carbocycles. The summed E-state index contributed by atoms with van der Waals surface area (Å²) in [5, 5.41) is 0.572. The first-order chi connectivity index (χ1) is 16.4. The van der Waals surface area contributed by atoms with Gasteiger partial charge in [0.1, 0.15) is 0 Å². The first kappa shape index (κ1) is 22.6. The molecule has 9 heteroatoms. The van der Waals surface area contributed by atoms with Crippen LogP contribution in [0.4, 0.5) is 5.69 Å². The molecule has 0 fully saturated rings. The predicted octanol–water partition coefficient (Wildman–Crippen LogP) is 5.03. The molecule has 0 unspecified atom stereocenters. The highest BCUT2D eigenvalue weighted by atomic mass is 35.5. The third-order valence-electron chi connectivity index (χ3n) is 5.69. The number of hydrogen-bond donors (Lipinski definition) is 0. The maximum absolute atomic E-state index is 13.2. The van der Waals surface area contributed by atoms with Gasteiger partial charge >= 0.3 is 0 Å². The van der Waals surface area contributed by atoms with E-state index < -0.39 is 15.9 Å². The second-order valence-corrected chi connectivity index (χ2v) is 11.0. The number of carbonyl (C=O) groups is 1. The van der Waals surface area contributed by atoms with Crippen molar-refractivity contribution in [3.8, 4) is 0 Å². The van der Waals surface area contributed by atoms with Gasteiger partial charge in [0.15, 0.2) is 4.80 Å². The van der Waals surface area contributed by atoms with Crippen molar-refractivity contribution in [1.29, 1.82) is 0 Å². The molecule has 1 aromatic heterocycles. The summed E-state index contributed by atoms with van der Waals surface area (Å²) in [4.78, 5) is 17.9. The number of anilines is 1. The van der Waals surface area contributed by atoms with E-state index in [-0.39, 0.29) is 4.90 Å². The number of amides is 1. The highest BCUT2D eigenvalue weighted by Gasteiger charge is 2.30. The van der Waals surface area contributed by atoms with E-state index in [2.05, 4.69) is 11.6 Å². The van der Waals surface area contributed by atoms with Crippen LogP contribution in [0.2, 0.25) is 5.02 Å². The average Bonchev–Trinajstić information content (AvgIpc) is 3.42. The topological polar surface area (TPSA) is 71.7 Å². The Hall–Kier alpha value is -3.20. The van der Waals surface area contributed by atoms with Crippen molar-refractivity contribution in [2.75, 3.05) is 10.8 Å². The Morgan fingerprint density at radius 2 is 1.85 bits per heavy atom. The van der Waals surface area contributed by atoms with Crippen LogP contribution in [0.1, 0.15) is 15.9 Å². The Morgan fingerprint density at radius 3 is 2.62 bits per heavy atom. The molecular formula is C25H20ClN3O3S2. The molecule has 4 aromatic rings. The number of aromatic nitrogens is 1. The van der Waals surface area contributed by atoms with Gasteiger partial charge in [0.25, 0.3) is 15.9 Å². The molecular weight excluding hydrogens is 490 g/mol. The molecule has 0 saturated carbocycles. The first-order valence-corrected chi connectivity index (χ1v) is 13.2. The molecule has 0 spiro atoms. The third-order valence-corrected chi connectivity index (χ3v) is 8.87. The van der Waals surface area contributed by atoms with Crippen molar-refractivity contribution >= 4 is 54.8 Å². The summed E-state index contributed by atoms with van der Waals surface area (Å²) in [6.07, 6.45) is 2.39. The van der Waals surface area contributed by atoms with Gasteiger partial charge in [-0.3, -0.25) is 9.10 Å². The van der Waals surface area contributed by atoms with Crippen molar-refractivity contribution in [2.45, 2.75) is 17.9 Å². The largest absolute Gasteiger partial charge is 0.311 e. The number of carbonyl (C=O) groups excluding carboxylic acids is 1. The Kier molecular flexibility index (Phi) is 5.89. The van der Waals surface area contributed by atoms with E-state index >= 15 is 0 Å². The quantitative estimate of drug-likeness (QED) is 0.354. The van der Waals surface area contributed by atoms with Crippen molar-refractivity contribution in [3.05, 3.63) is 100 Å². The van der Waals surface area contributed by atoms with Gasteiger partial charge in [-0.25, -0.2) is 8.42 Å². The Morgan fingerprint density at radius 1 is 1.09 bits per heavy atom. The second-order valence-electron chi connectivity index (χ2n) is 7.77. The SMILES string of the molecule is C=CCn1c(=NC(=O)c2ccc(S(=O)(=O)N3CCc4ccccc43)cc2)sc2cccc(Cl)c21. The summed E-state index contributed by atoms with van der Waals surface area (Å²) in [6, 6.07) is 19.0. The molecule has 0 aliphatic carbocycles. The normalized spacial score (nSPS) is 13.9. The number of rotatable bonds is 5. The van der Waals surface area contributed by atoms with Crippen LogP contribution in [-0.2, 0) is 23.0 Å². The monoisotopic (exact) mass is 509 g/mol. The Balaban J connectivity index is 1.47. The highest BCUT2D eigenvalue weighted by molar-refractivity contribution is 7.92. The fourth-order valence-electron chi connectivity index (χ4n) is 4.08. The molecule has 0 radical (unpaired) electrons. The number of nitrogens with zero attached hydrogens (tertiary/aromatic N) is 3. The van der Waals surface area contributed by atoms with E-state index in [1.165, 1.54) is 39.9 Å². The summed E-state index contributed by atoms with van der Waals surface area (Å²) >= 11 is 7.73. The fraction of sp³-hybridized carbons (Fsp3) is 0.120. The highest BCUT2D eigenvalue weighted by Crippen LogP contribution is 2.32. The van der Waals surface area contributed by atoms with Gasteiger partial charge in [0, 0.05) is 18.7 Å². The van der Waals surface area contributed by atoms with Gasteiger partial charge in [0.05, 0.1) is 25.8 Å². The number of hydrogen-bond acceptors (Lipinski definition) is 4. The molecule has 5 rings (SSSR count). The lowest BCUT2D eigenvalue weighted by Gasteiger charge is -2.19. The van der Waals surface area contributed by atoms with E-state index in [0.717, 1.165) is 15.8 Å². The minimum atomic E-state index is -3.73. The zero-order chi connectivity index (χ0) is 23.9. The number of allylic oxidation sites excluding steroid dienone is 1. The maximum atomic E-state index is 13.2. The number of para-hydroxylation sites is 2. The van der Waals surface area contributed by atoms with Crippen LogP contribution in [-0.4, -0.2) is 25.4 Å². The lowest BCUT2D eigenvalue weighted by molar-refractivity contribution is 0.0998. The number of halogens is 1. The maximum Gasteiger partial charge on any atom is 0.279 e. The zero-order valence-electron chi connectivity index (χ0n) is 18.0. The van der Waals surface area contributed by atoms with Crippen LogP contribution in [0.25, 0.3) is 10.2 Å². The van der Waals surface area contributed by atoms with Gasteiger partial charge in [-0.05, 0) is 54.4 Å². The van der Waals surface area contributed by atoms with Crippen LogP contribution in [0.3, 0.4) is 0 Å². The summed E-state index contributed by atoms with van der Waals surface area (Å²) in [5.41, 5.74) is 2.81. The summed E-state index contributed by atoms with van der Waals surface area (Å²) in [7, 11) is -3.73. The Labute approximate surface area is 206 Å². The molecule has 0 atom stereocenters. The molecule has 2 heterocycles. The molecule has 6 nitrogen and oxygen atoms in total. The molecule has 0 saturated heterocycles. The van der Waals surface area contributed by atoms with Gasteiger partial charge in [-0.2, -0.15) is 4.99 Å². The van der Waals surface area contributed by atoms with E-state index in [1.54, 1.807) is 12.1 Å². The van der Waals surface area contributed by atoms with Crippen molar-refractivity contribution in [1.82, 2.24) is 4.57 Å². The lowest BCUT2D eigenvalue weighted by Crippen LogP contribution is -2.29. The van der Waals surface area contributed by atoms with Gasteiger partial charge in [-0.15, -0.1) is 6.58 Å². The summed E-state index contributed by atoms with van der Waals surface area (Å²) in [5.74, 6) is -0.462. The molecule has 1 amide bonds. The number of thiazole rings is 1.